The highest BCUT2D eigenvalue weighted by molar-refractivity contribution is 6.30. The van der Waals surface area contributed by atoms with Gasteiger partial charge in [0, 0.05) is 40.8 Å². The number of carbonyl (C=O) groups excluding carboxylic acids is 1. The van der Waals surface area contributed by atoms with Crippen LogP contribution in [0.2, 0.25) is 5.02 Å². The summed E-state index contributed by atoms with van der Waals surface area (Å²) in [5.41, 5.74) is 4.93. The first kappa shape index (κ1) is 18.2. The van der Waals surface area contributed by atoms with Gasteiger partial charge in [-0.2, -0.15) is 5.10 Å². The molecule has 0 aliphatic carbocycles. The van der Waals surface area contributed by atoms with E-state index in [2.05, 4.69) is 10.2 Å². The predicted octanol–water partition coefficient (Wildman–Crippen LogP) is 4.86. The molecule has 2 heterocycles. The molecule has 0 saturated heterocycles. The Kier molecular flexibility index (Phi) is 4.84. The Balaban J connectivity index is 1.78. The van der Waals surface area contributed by atoms with E-state index in [1.165, 1.54) is 0 Å². The summed E-state index contributed by atoms with van der Waals surface area (Å²) in [7, 11) is 1.79. The van der Waals surface area contributed by atoms with Crippen LogP contribution in [0.3, 0.4) is 0 Å². The number of aromatic amines is 1. The molecule has 4 aromatic rings. The summed E-state index contributed by atoms with van der Waals surface area (Å²) in [5, 5.41) is 8.40. The molecule has 5 nitrogen and oxygen atoms in total. The molecule has 0 spiro atoms. The van der Waals surface area contributed by atoms with Crippen molar-refractivity contribution in [2.24, 2.45) is 0 Å². The molecule has 0 aliphatic rings. The van der Waals surface area contributed by atoms with Crippen molar-refractivity contribution in [1.29, 1.82) is 0 Å². The second-order valence-electron chi connectivity index (χ2n) is 6.76. The fraction of sp³-hybridized carbons (Fsp3) is 0.136. The molecule has 0 aliphatic heterocycles. The Bertz CT molecular complexity index is 1170. The quantitative estimate of drug-likeness (QED) is 0.541. The number of carbonyl (C=O) groups is 1. The third kappa shape index (κ3) is 3.49. The van der Waals surface area contributed by atoms with Crippen molar-refractivity contribution in [3.63, 3.8) is 0 Å². The molecule has 6 heteroatoms. The number of pyridine rings is 1. The number of aromatic nitrogens is 3. The minimum atomic E-state index is -0.0671. The first-order valence-corrected chi connectivity index (χ1v) is 9.31. The van der Waals surface area contributed by atoms with Gasteiger partial charge in [0.05, 0.1) is 23.0 Å². The zero-order chi connectivity index (χ0) is 19.7. The highest BCUT2D eigenvalue weighted by Crippen LogP contribution is 2.27. The lowest BCUT2D eigenvalue weighted by Crippen LogP contribution is -2.26. The number of rotatable bonds is 4. The lowest BCUT2D eigenvalue weighted by Gasteiger charge is -2.18. The summed E-state index contributed by atoms with van der Waals surface area (Å²) in [5.74, 6) is -0.0671. The molecule has 4 rings (SSSR count). The average molecular weight is 391 g/mol. The summed E-state index contributed by atoms with van der Waals surface area (Å²) in [6, 6.07) is 17.0. The number of nitrogens with zero attached hydrogens (tertiary/aromatic N) is 3. The predicted molar refractivity (Wildman–Crippen MR) is 111 cm³/mol. The van der Waals surface area contributed by atoms with E-state index in [1.54, 1.807) is 18.1 Å². The molecular formula is C22H19ClN4O. The standard InChI is InChI=1S/C22H19ClN4O/c1-14-16(12-24-26-14)13-27(2)22(28)19-11-21(15-6-5-7-17(23)10-15)25-20-9-4-3-8-18(19)20/h3-12H,13H2,1-2H3,(H,24,26). The van der Waals surface area contributed by atoms with Gasteiger partial charge in [0.2, 0.25) is 0 Å². The normalized spacial score (nSPS) is 11.0. The number of amides is 1. The van der Waals surface area contributed by atoms with E-state index in [4.69, 9.17) is 16.6 Å². The van der Waals surface area contributed by atoms with Gasteiger partial charge in [-0.3, -0.25) is 9.89 Å². The molecule has 0 saturated carbocycles. The fourth-order valence-corrected chi connectivity index (χ4v) is 3.41. The molecule has 0 bridgehead atoms. The molecule has 2 aromatic carbocycles. The van der Waals surface area contributed by atoms with Crippen LogP contribution >= 0.6 is 11.6 Å². The first-order chi connectivity index (χ1) is 13.5. The maximum atomic E-state index is 13.3. The van der Waals surface area contributed by atoms with Gasteiger partial charge in [0.25, 0.3) is 5.91 Å². The number of halogens is 1. The van der Waals surface area contributed by atoms with Crippen LogP contribution in [0, 0.1) is 6.92 Å². The van der Waals surface area contributed by atoms with Gasteiger partial charge in [-0.25, -0.2) is 4.98 Å². The van der Waals surface area contributed by atoms with Gasteiger partial charge in [-0.05, 0) is 31.2 Å². The van der Waals surface area contributed by atoms with Crippen LogP contribution in [0.1, 0.15) is 21.6 Å². The van der Waals surface area contributed by atoms with Crippen LogP contribution < -0.4 is 0 Å². The van der Waals surface area contributed by atoms with E-state index < -0.39 is 0 Å². The van der Waals surface area contributed by atoms with E-state index in [0.717, 1.165) is 33.4 Å². The Morgan fingerprint density at radius 1 is 1.14 bits per heavy atom. The number of H-pyrrole nitrogens is 1. The summed E-state index contributed by atoms with van der Waals surface area (Å²) in [4.78, 5) is 19.7. The van der Waals surface area contributed by atoms with Gasteiger partial charge in [0.15, 0.2) is 0 Å². The smallest absolute Gasteiger partial charge is 0.254 e. The van der Waals surface area contributed by atoms with E-state index in [1.807, 2.05) is 61.5 Å². The minimum absolute atomic E-state index is 0.0671. The number of hydrogen-bond acceptors (Lipinski definition) is 3. The van der Waals surface area contributed by atoms with Crippen molar-refractivity contribution >= 4 is 28.4 Å². The van der Waals surface area contributed by atoms with Crippen LogP contribution in [0.5, 0.6) is 0 Å². The number of hydrogen-bond donors (Lipinski definition) is 1. The molecule has 1 amide bonds. The van der Waals surface area contributed by atoms with Gasteiger partial charge >= 0.3 is 0 Å². The SMILES string of the molecule is Cc1[nH]ncc1CN(C)C(=O)c1cc(-c2cccc(Cl)c2)nc2ccccc12. The largest absolute Gasteiger partial charge is 0.337 e. The van der Waals surface area contributed by atoms with Crippen LogP contribution in [0.15, 0.2) is 60.8 Å². The van der Waals surface area contributed by atoms with Gasteiger partial charge in [0.1, 0.15) is 0 Å². The molecule has 1 N–H and O–H groups in total. The number of benzene rings is 2. The van der Waals surface area contributed by atoms with Crippen molar-refractivity contribution in [3.05, 3.63) is 82.6 Å². The monoisotopic (exact) mass is 390 g/mol. The number of para-hydroxylation sites is 1. The zero-order valence-electron chi connectivity index (χ0n) is 15.6. The first-order valence-electron chi connectivity index (χ1n) is 8.93. The molecule has 2 aromatic heterocycles. The van der Waals surface area contributed by atoms with E-state index in [9.17, 15) is 4.79 Å². The Labute approximate surface area is 168 Å². The lowest BCUT2D eigenvalue weighted by atomic mass is 10.0. The molecule has 0 radical (unpaired) electrons. The molecule has 0 unspecified atom stereocenters. The average Bonchev–Trinajstić information content (AvgIpc) is 3.11. The number of fused-ring (bicyclic) bond motifs is 1. The zero-order valence-corrected chi connectivity index (χ0v) is 16.4. The maximum Gasteiger partial charge on any atom is 0.254 e. The second kappa shape index (κ2) is 7.44. The third-order valence-corrected chi connectivity index (χ3v) is 4.99. The maximum absolute atomic E-state index is 13.3. The lowest BCUT2D eigenvalue weighted by molar-refractivity contribution is 0.0787. The number of aryl methyl sites for hydroxylation is 1. The topological polar surface area (TPSA) is 61.9 Å². The molecule has 140 valence electrons. The highest BCUT2D eigenvalue weighted by Gasteiger charge is 2.18. The molecule has 0 atom stereocenters. The summed E-state index contributed by atoms with van der Waals surface area (Å²) >= 11 is 6.15. The van der Waals surface area contributed by atoms with Crippen molar-refractivity contribution in [1.82, 2.24) is 20.1 Å². The minimum Gasteiger partial charge on any atom is -0.337 e. The Hall–Kier alpha value is -3.18. The van der Waals surface area contributed by atoms with Crippen LogP contribution in [-0.2, 0) is 6.54 Å². The Morgan fingerprint density at radius 2 is 1.96 bits per heavy atom. The number of nitrogens with one attached hydrogen (secondary N) is 1. The molecular weight excluding hydrogens is 372 g/mol. The van der Waals surface area contributed by atoms with Crippen molar-refractivity contribution in [2.75, 3.05) is 7.05 Å². The summed E-state index contributed by atoms with van der Waals surface area (Å²) in [6.45, 7) is 2.42. The third-order valence-electron chi connectivity index (χ3n) is 4.76. The summed E-state index contributed by atoms with van der Waals surface area (Å²) in [6.07, 6.45) is 1.75. The second-order valence-corrected chi connectivity index (χ2v) is 7.20. The fourth-order valence-electron chi connectivity index (χ4n) is 3.22. The van der Waals surface area contributed by atoms with Crippen LogP contribution in [0.4, 0.5) is 0 Å². The van der Waals surface area contributed by atoms with Gasteiger partial charge < -0.3 is 4.90 Å². The van der Waals surface area contributed by atoms with Crippen molar-refractivity contribution in [3.8, 4) is 11.3 Å². The Morgan fingerprint density at radius 3 is 2.71 bits per heavy atom. The van der Waals surface area contributed by atoms with Crippen molar-refractivity contribution in [2.45, 2.75) is 13.5 Å². The molecule has 0 fully saturated rings. The van der Waals surface area contributed by atoms with Crippen molar-refractivity contribution < 1.29 is 4.79 Å². The van der Waals surface area contributed by atoms with Gasteiger partial charge in [-0.15, -0.1) is 0 Å². The van der Waals surface area contributed by atoms with E-state index in [0.29, 0.717) is 17.1 Å². The van der Waals surface area contributed by atoms with Gasteiger partial charge in [-0.1, -0.05) is 41.9 Å². The van der Waals surface area contributed by atoms with Crippen LogP contribution in [0.25, 0.3) is 22.2 Å². The van der Waals surface area contributed by atoms with E-state index in [-0.39, 0.29) is 5.91 Å². The van der Waals surface area contributed by atoms with E-state index >= 15 is 0 Å². The molecule has 28 heavy (non-hydrogen) atoms. The van der Waals surface area contributed by atoms with Crippen LogP contribution in [-0.4, -0.2) is 33.0 Å². The highest BCUT2D eigenvalue weighted by atomic mass is 35.5. The summed E-state index contributed by atoms with van der Waals surface area (Å²) < 4.78 is 0.